The van der Waals surface area contributed by atoms with Gasteiger partial charge in [-0.3, -0.25) is 4.79 Å². The van der Waals surface area contributed by atoms with Gasteiger partial charge in [0.2, 0.25) is 5.91 Å². The molecular formula is C9H13N3O. The maximum atomic E-state index is 11.0. The van der Waals surface area contributed by atoms with Crippen LogP contribution >= 0.6 is 0 Å². The van der Waals surface area contributed by atoms with Crippen LogP contribution in [0, 0.1) is 0 Å². The molecule has 0 spiro atoms. The summed E-state index contributed by atoms with van der Waals surface area (Å²) >= 11 is 0. The second-order valence-electron chi connectivity index (χ2n) is 3.15. The zero-order valence-electron chi connectivity index (χ0n) is 7.45. The predicted octanol–water partition coefficient (Wildman–Crippen LogP) is -0.0720. The maximum absolute atomic E-state index is 11.0. The molecule has 0 unspecified atom stereocenters. The third-order valence-corrected chi connectivity index (χ3v) is 2.03. The molecule has 1 aromatic rings. The largest absolute Gasteiger partial charge is 0.398 e. The van der Waals surface area contributed by atoms with Crippen molar-refractivity contribution >= 4 is 11.6 Å². The second kappa shape index (κ2) is 3.06. The van der Waals surface area contributed by atoms with E-state index in [1.165, 1.54) is 0 Å². The zero-order chi connectivity index (χ0) is 10.1. The minimum absolute atomic E-state index is 0.478. The van der Waals surface area contributed by atoms with Gasteiger partial charge in [-0.25, -0.2) is 0 Å². The van der Waals surface area contributed by atoms with Crippen LogP contribution in [0.25, 0.3) is 0 Å². The van der Waals surface area contributed by atoms with Crippen LogP contribution in [-0.2, 0) is 10.3 Å². The Morgan fingerprint density at radius 1 is 1.38 bits per heavy atom. The van der Waals surface area contributed by atoms with Gasteiger partial charge in [0.15, 0.2) is 0 Å². The molecule has 0 aromatic heterocycles. The lowest BCUT2D eigenvalue weighted by atomic mass is 9.91. The SMILES string of the molecule is C[C@](N)(C(N)=O)c1ccccc1N. The molecule has 0 fully saturated rings. The Morgan fingerprint density at radius 3 is 2.38 bits per heavy atom. The number of carbonyl (C=O) groups is 1. The van der Waals surface area contributed by atoms with E-state index in [9.17, 15) is 4.79 Å². The van der Waals surface area contributed by atoms with Gasteiger partial charge < -0.3 is 17.2 Å². The molecule has 1 rings (SSSR count). The standard InChI is InChI=1S/C9H13N3O/c1-9(12,8(11)13)6-4-2-3-5-7(6)10/h2-5H,10,12H2,1H3,(H2,11,13)/t9-/m1/s1. The van der Waals surface area contributed by atoms with Crippen LogP contribution in [0.15, 0.2) is 24.3 Å². The summed E-state index contributed by atoms with van der Waals surface area (Å²) in [5, 5.41) is 0. The third kappa shape index (κ3) is 1.62. The highest BCUT2D eigenvalue weighted by Crippen LogP contribution is 2.22. The monoisotopic (exact) mass is 179 g/mol. The minimum Gasteiger partial charge on any atom is -0.398 e. The Balaban J connectivity index is 3.22. The molecule has 70 valence electrons. The molecule has 0 saturated heterocycles. The first kappa shape index (κ1) is 9.54. The van der Waals surface area contributed by atoms with E-state index in [2.05, 4.69) is 0 Å². The number of hydrogen-bond donors (Lipinski definition) is 3. The molecule has 1 aromatic carbocycles. The molecule has 6 N–H and O–H groups in total. The molecule has 1 atom stereocenters. The number of nitrogen functional groups attached to an aromatic ring is 1. The molecule has 0 aliphatic carbocycles. The van der Waals surface area contributed by atoms with E-state index < -0.39 is 11.4 Å². The number of nitrogens with two attached hydrogens (primary N) is 3. The molecule has 4 heteroatoms. The van der Waals surface area contributed by atoms with Gasteiger partial charge in [-0.1, -0.05) is 18.2 Å². The summed E-state index contributed by atoms with van der Waals surface area (Å²) in [5.41, 5.74) is 16.4. The van der Waals surface area contributed by atoms with Crippen LogP contribution in [0.4, 0.5) is 5.69 Å². The highest BCUT2D eigenvalue weighted by Gasteiger charge is 2.29. The van der Waals surface area contributed by atoms with Crippen molar-refractivity contribution in [3.63, 3.8) is 0 Å². The topological polar surface area (TPSA) is 95.1 Å². The van der Waals surface area contributed by atoms with Crippen molar-refractivity contribution in [2.24, 2.45) is 11.5 Å². The highest BCUT2D eigenvalue weighted by atomic mass is 16.1. The Labute approximate surface area is 76.7 Å². The lowest BCUT2D eigenvalue weighted by Crippen LogP contribution is -2.46. The number of rotatable bonds is 2. The summed E-state index contributed by atoms with van der Waals surface area (Å²) in [6.07, 6.45) is 0. The van der Waals surface area contributed by atoms with Crippen molar-refractivity contribution in [2.75, 3.05) is 5.73 Å². The smallest absolute Gasteiger partial charge is 0.241 e. The number of carbonyl (C=O) groups excluding carboxylic acids is 1. The van der Waals surface area contributed by atoms with Crippen molar-refractivity contribution in [2.45, 2.75) is 12.5 Å². The predicted molar refractivity (Wildman–Crippen MR) is 51.6 cm³/mol. The minimum atomic E-state index is -1.20. The molecule has 13 heavy (non-hydrogen) atoms. The van der Waals surface area contributed by atoms with Gasteiger partial charge in [-0.2, -0.15) is 0 Å². The quantitative estimate of drug-likeness (QED) is 0.554. The normalized spacial score (nSPS) is 14.9. The number of amides is 1. The van der Waals surface area contributed by atoms with Crippen molar-refractivity contribution in [1.82, 2.24) is 0 Å². The van der Waals surface area contributed by atoms with E-state index in [1.807, 2.05) is 0 Å². The first-order valence-corrected chi connectivity index (χ1v) is 3.90. The Kier molecular flexibility index (Phi) is 2.25. The van der Waals surface area contributed by atoms with Gasteiger partial charge in [0.25, 0.3) is 0 Å². The summed E-state index contributed by atoms with van der Waals surface area (Å²) < 4.78 is 0. The van der Waals surface area contributed by atoms with Crippen molar-refractivity contribution < 1.29 is 4.79 Å². The molecule has 0 radical (unpaired) electrons. The van der Waals surface area contributed by atoms with Gasteiger partial charge >= 0.3 is 0 Å². The summed E-state index contributed by atoms with van der Waals surface area (Å²) in [6.45, 7) is 1.54. The first-order chi connectivity index (χ1) is 5.96. The van der Waals surface area contributed by atoms with Gasteiger partial charge in [-0.15, -0.1) is 0 Å². The number of hydrogen-bond acceptors (Lipinski definition) is 3. The van der Waals surface area contributed by atoms with E-state index in [-0.39, 0.29) is 0 Å². The Morgan fingerprint density at radius 2 is 1.92 bits per heavy atom. The zero-order valence-corrected chi connectivity index (χ0v) is 7.45. The highest BCUT2D eigenvalue weighted by molar-refractivity contribution is 5.87. The maximum Gasteiger partial charge on any atom is 0.241 e. The van der Waals surface area contributed by atoms with E-state index >= 15 is 0 Å². The van der Waals surface area contributed by atoms with Crippen molar-refractivity contribution in [1.29, 1.82) is 0 Å². The van der Waals surface area contributed by atoms with Gasteiger partial charge in [0.1, 0.15) is 5.54 Å². The van der Waals surface area contributed by atoms with E-state index in [0.717, 1.165) is 0 Å². The summed E-state index contributed by atoms with van der Waals surface area (Å²) in [5.74, 6) is -0.592. The van der Waals surface area contributed by atoms with E-state index in [4.69, 9.17) is 17.2 Å². The summed E-state index contributed by atoms with van der Waals surface area (Å²) in [7, 11) is 0. The number of benzene rings is 1. The third-order valence-electron chi connectivity index (χ3n) is 2.03. The molecule has 4 nitrogen and oxygen atoms in total. The van der Waals surface area contributed by atoms with Gasteiger partial charge in [-0.05, 0) is 13.0 Å². The van der Waals surface area contributed by atoms with Crippen LogP contribution in [0.1, 0.15) is 12.5 Å². The van der Waals surface area contributed by atoms with Crippen LogP contribution in [0.5, 0.6) is 0 Å². The Hall–Kier alpha value is -1.55. The first-order valence-electron chi connectivity index (χ1n) is 3.90. The molecule has 0 bridgehead atoms. The summed E-state index contributed by atoms with van der Waals surface area (Å²) in [6, 6.07) is 6.92. The van der Waals surface area contributed by atoms with Crippen LogP contribution in [-0.4, -0.2) is 5.91 Å². The fourth-order valence-electron chi connectivity index (χ4n) is 1.10. The fourth-order valence-corrected chi connectivity index (χ4v) is 1.10. The lowest BCUT2D eigenvalue weighted by Gasteiger charge is -2.22. The molecule has 0 saturated carbocycles. The van der Waals surface area contributed by atoms with Gasteiger partial charge in [0, 0.05) is 11.3 Å². The molecular weight excluding hydrogens is 166 g/mol. The van der Waals surface area contributed by atoms with Gasteiger partial charge in [0.05, 0.1) is 0 Å². The van der Waals surface area contributed by atoms with Crippen molar-refractivity contribution in [3.8, 4) is 0 Å². The molecule has 0 aliphatic rings. The average Bonchev–Trinajstić information content (AvgIpc) is 2.04. The lowest BCUT2D eigenvalue weighted by molar-refractivity contribution is -0.122. The van der Waals surface area contributed by atoms with Crippen molar-refractivity contribution in [3.05, 3.63) is 29.8 Å². The Bertz CT molecular complexity index is 333. The number of primary amides is 1. The second-order valence-corrected chi connectivity index (χ2v) is 3.15. The van der Waals surface area contributed by atoms with Crippen LogP contribution in [0.3, 0.4) is 0 Å². The van der Waals surface area contributed by atoms with Crippen LogP contribution < -0.4 is 17.2 Å². The molecule has 1 amide bonds. The van der Waals surface area contributed by atoms with E-state index in [0.29, 0.717) is 11.3 Å². The molecule has 0 heterocycles. The van der Waals surface area contributed by atoms with Crippen LogP contribution in [0.2, 0.25) is 0 Å². The fraction of sp³-hybridized carbons (Fsp3) is 0.222. The molecule has 0 aliphatic heterocycles. The number of para-hydroxylation sites is 1. The average molecular weight is 179 g/mol. The number of anilines is 1. The summed E-state index contributed by atoms with van der Waals surface area (Å²) in [4.78, 5) is 11.0. The van der Waals surface area contributed by atoms with E-state index in [1.54, 1.807) is 31.2 Å².